The number of anilines is 1. The molecule has 1 aromatic rings. The van der Waals surface area contributed by atoms with Crippen LogP contribution < -0.4 is 5.73 Å². The molecule has 0 saturated heterocycles. The molecule has 0 saturated carbocycles. The summed E-state index contributed by atoms with van der Waals surface area (Å²) in [6.45, 7) is 1.76. The van der Waals surface area contributed by atoms with Crippen LogP contribution in [0, 0.1) is 11.8 Å². The van der Waals surface area contributed by atoms with Gasteiger partial charge in [0.1, 0.15) is 5.82 Å². The predicted octanol–water partition coefficient (Wildman–Crippen LogP) is 1.80. The molecule has 0 aromatic carbocycles. The molecule has 0 fully saturated rings. The van der Waals surface area contributed by atoms with Crippen LogP contribution in [-0.2, 0) is 0 Å². The number of hydrogen-bond acceptors (Lipinski definition) is 2. The van der Waals surface area contributed by atoms with E-state index in [1.165, 1.54) is 0 Å². The second-order valence-corrected chi connectivity index (χ2v) is 2.88. The topological polar surface area (TPSA) is 38.9 Å². The highest BCUT2D eigenvalue weighted by molar-refractivity contribution is 9.10. The quantitative estimate of drug-likeness (QED) is 0.664. The van der Waals surface area contributed by atoms with E-state index >= 15 is 0 Å². The Kier molecular flexibility index (Phi) is 2.50. The fraction of sp³-hybridized carbons (Fsp3) is 0.125. The molecule has 2 nitrogen and oxygen atoms in total. The van der Waals surface area contributed by atoms with Gasteiger partial charge in [0.15, 0.2) is 0 Å². The van der Waals surface area contributed by atoms with Gasteiger partial charge in [-0.2, -0.15) is 0 Å². The van der Waals surface area contributed by atoms with Gasteiger partial charge in [-0.25, -0.2) is 4.98 Å². The van der Waals surface area contributed by atoms with Crippen LogP contribution in [0.5, 0.6) is 0 Å². The minimum Gasteiger partial charge on any atom is -0.383 e. The third-order valence-corrected chi connectivity index (χ3v) is 1.58. The Balaban J connectivity index is 3.19. The zero-order valence-corrected chi connectivity index (χ0v) is 7.64. The van der Waals surface area contributed by atoms with Crippen LogP contribution in [0.2, 0.25) is 0 Å². The minimum atomic E-state index is 0.475. The Labute approximate surface area is 74.0 Å². The summed E-state index contributed by atoms with van der Waals surface area (Å²) in [5.41, 5.74) is 6.31. The lowest BCUT2D eigenvalue weighted by molar-refractivity contribution is 1.30. The van der Waals surface area contributed by atoms with Crippen LogP contribution in [0.3, 0.4) is 0 Å². The van der Waals surface area contributed by atoms with Gasteiger partial charge in [-0.3, -0.25) is 0 Å². The maximum atomic E-state index is 5.54. The van der Waals surface area contributed by atoms with Gasteiger partial charge in [0, 0.05) is 10.7 Å². The molecule has 1 rings (SSSR count). The predicted molar refractivity (Wildman–Crippen MR) is 48.9 cm³/mol. The summed E-state index contributed by atoms with van der Waals surface area (Å²) in [6.07, 6.45) is 1.65. The van der Waals surface area contributed by atoms with Crippen molar-refractivity contribution in [2.24, 2.45) is 0 Å². The fourth-order valence-electron chi connectivity index (χ4n) is 0.685. The van der Waals surface area contributed by atoms with E-state index in [1.807, 2.05) is 6.07 Å². The van der Waals surface area contributed by atoms with E-state index in [4.69, 9.17) is 5.73 Å². The smallest absolute Gasteiger partial charge is 0.139 e. The molecule has 0 unspecified atom stereocenters. The summed E-state index contributed by atoms with van der Waals surface area (Å²) in [7, 11) is 0. The van der Waals surface area contributed by atoms with E-state index in [0.717, 1.165) is 10.0 Å². The summed E-state index contributed by atoms with van der Waals surface area (Å²) >= 11 is 3.28. The summed E-state index contributed by atoms with van der Waals surface area (Å²) in [4.78, 5) is 3.93. The maximum absolute atomic E-state index is 5.54. The number of nitrogen functional groups attached to an aromatic ring is 1. The molecule has 1 aromatic heterocycles. The monoisotopic (exact) mass is 210 g/mol. The molecule has 0 aliphatic heterocycles. The summed E-state index contributed by atoms with van der Waals surface area (Å²) in [5.74, 6) is 6.08. The standard InChI is InChI=1S/C8H7BrN2/c1-2-3-6-4-7(9)5-11-8(6)10/h4-5H,1H3,(H2,10,11). The van der Waals surface area contributed by atoms with Crippen molar-refractivity contribution in [3.63, 3.8) is 0 Å². The lowest BCUT2D eigenvalue weighted by atomic mass is 10.2. The highest BCUT2D eigenvalue weighted by Gasteiger charge is 1.96. The van der Waals surface area contributed by atoms with Crippen molar-refractivity contribution in [1.29, 1.82) is 0 Å². The van der Waals surface area contributed by atoms with Crippen molar-refractivity contribution in [2.45, 2.75) is 6.92 Å². The summed E-state index contributed by atoms with van der Waals surface area (Å²) in [6, 6.07) is 1.85. The van der Waals surface area contributed by atoms with E-state index in [0.29, 0.717) is 5.82 Å². The van der Waals surface area contributed by atoms with Crippen LogP contribution in [0.25, 0.3) is 0 Å². The number of nitrogens with zero attached hydrogens (tertiary/aromatic N) is 1. The van der Waals surface area contributed by atoms with Gasteiger partial charge in [0.05, 0.1) is 5.56 Å². The number of hydrogen-bond donors (Lipinski definition) is 1. The van der Waals surface area contributed by atoms with Gasteiger partial charge in [-0.05, 0) is 28.9 Å². The molecule has 11 heavy (non-hydrogen) atoms. The van der Waals surface area contributed by atoms with E-state index in [9.17, 15) is 0 Å². The van der Waals surface area contributed by atoms with E-state index in [2.05, 4.69) is 32.8 Å². The van der Waals surface area contributed by atoms with Gasteiger partial charge in [-0.1, -0.05) is 5.92 Å². The van der Waals surface area contributed by atoms with Crippen LogP contribution in [-0.4, -0.2) is 4.98 Å². The normalized spacial score (nSPS) is 8.55. The zero-order chi connectivity index (χ0) is 8.27. The lowest BCUT2D eigenvalue weighted by Gasteiger charge is -1.95. The largest absolute Gasteiger partial charge is 0.383 e. The Morgan fingerprint density at radius 1 is 1.64 bits per heavy atom. The SMILES string of the molecule is CC#Cc1cc(Br)cnc1N. The average molecular weight is 211 g/mol. The second kappa shape index (κ2) is 3.40. The number of rotatable bonds is 0. The van der Waals surface area contributed by atoms with Gasteiger partial charge in [0.2, 0.25) is 0 Å². The number of nitrogens with two attached hydrogens (primary N) is 1. The van der Waals surface area contributed by atoms with Crippen molar-refractivity contribution in [2.75, 3.05) is 5.73 Å². The molecule has 0 radical (unpaired) electrons. The van der Waals surface area contributed by atoms with Crippen LogP contribution >= 0.6 is 15.9 Å². The first kappa shape index (κ1) is 8.09. The lowest BCUT2D eigenvalue weighted by Crippen LogP contribution is -1.93. The fourth-order valence-corrected chi connectivity index (χ4v) is 1.02. The molecule has 56 valence electrons. The number of aromatic nitrogens is 1. The molecule has 1 heterocycles. The molecular weight excluding hydrogens is 204 g/mol. The van der Waals surface area contributed by atoms with Gasteiger partial charge >= 0.3 is 0 Å². The van der Waals surface area contributed by atoms with E-state index < -0.39 is 0 Å². The molecule has 0 aliphatic rings. The van der Waals surface area contributed by atoms with Gasteiger partial charge in [0.25, 0.3) is 0 Å². The van der Waals surface area contributed by atoms with Crippen LogP contribution in [0.15, 0.2) is 16.7 Å². The maximum Gasteiger partial charge on any atom is 0.139 e. The highest BCUT2D eigenvalue weighted by atomic mass is 79.9. The van der Waals surface area contributed by atoms with Crippen molar-refractivity contribution >= 4 is 21.7 Å². The first-order valence-electron chi connectivity index (χ1n) is 3.08. The second-order valence-electron chi connectivity index (χ2n) is 1.96. The van der Waals surface area contributed by atoms with Crippen molar-refractivity contribution in [3.8, 4) is 11.8 Å². The number of halogens is 1. The van der Waals surface area contributed by atoms with E-state index in [1.54, 1.807) is 13.1 Å². The van der Waals surface area contributed by atoms with Gasteiger partial charge < -0.3 is 5.73 Å². The minimum absolute atomic E-state index is 0.475. The van der Waals surface area contributed by atoms with Crippen molar-refractivity contribution in [3.05, 3.63) is 22.3 Å². The Bertz CT molecular complexity index is 323. The molecule has 2 N–H and O–H groups in total. The summed E-state index contributed by atoms with van der Waals surface area (Å²) < 4.78 is 0.893. The molecule has 0 aliphatic carbocycles. The van der Waals surface area contributed by atoms with Crippen molar-refractivity contribution < 1.29 is 0 Å². The first-order chi connectivity index (χ1) is 5.24. The zero-order valence-electron chi connectivity index (χ0n) is 6.06. The Hall–Kier alpha value is -1.01. The molecule has 0 atom stereocenters. The Morgan fingerprint density at radius 2 is 2.36 bits per heavy atom. The number of pyridine rings is 1. The first-order valence-corrected chi connectivity index (χ1v) is 3.87. The summed E-state index contributed by atoms with van der Waals surface area (Å²) in [5, 5.41) is 0. The average Bonchev–Trinajstić information content (AvgIpc) is 1.98. The molecule has 3 heteroatoms. The third kappa shape index (κ3) is 1.95. The highest BCUT2D eigenvalue weighted by Crippen LogP contribution is 2.13. The Morgan fingerprint density at radius 3 is 3.00 bits per heavy atom. The van der Waals surface area contributed by atoms with Crippen molar-refractivity contribution in [1.82, 2.24) is 4.98 Å². The van der Waals surface area contributed by atoms with Gasteiger partial charge in [-0.15, -0.1) is 5.92 Å². The van der Waals surface area contributed by atoms with Crippen LogP contribution in [0.4, 0.5) is 5.82 Å². The van der Waals surface area contributed by atoms with Crippen LogP contribution in [0.1, 0.15) is 12.5 Å². The molecule has 0 spiro atoms. The van der Waals surface area contributed by atoms with E-state index in [-0.39, 0.29) is 0 Å². The molecule has 0 bridgehead atoms. The molecule has 0 amide bonds. The molecular formula is C8H7BrN2. The third-order valence-electron chi connectivity index (χ3n) is 1.14.